The number of hydrogen-bond acceptors (Lipinski definition) is 3. The van der Waals surface area contributed by atoms with E-state index in [4.69, 9.17) is 4.74 Å². The average Bonchev–Trinajstić information content (AvgIpc) is 2.66. The number of amides is 2. The molecule has 1 N–H and O–H groups in total. The summed E-state index contributed by atoms with van der Waals surface area (Å²) in [7, 11) is 5.00. The zero-order valence-electron chi connectivity index (χ0n) is 16.9. The summed E-state index contributed by atoms with van der Waals surface area (Å²) < 4.78 is 5.42. The first-order chi connectivity index (χ1) is 12.8. The van der Waals surface area contributed by atoms with Crippen LogP contribution in [0.25, 0.3) is 11.1 Å². The molecule has 2 aromatic carbocycles. The molecule has 0 fully saturated rings. The van der Waals surface area contributed by atoms with Gasteiger partial charge in [-0.1, -0.05) is 12.1 Å². The number of aryl methyl sites for hydroxylation is 2. The Kier molecular flexibility index (Phi) is 6.61. The van der Waals surface area contributed by atoms with Gasteiger partial charge in [-0.25, -0.2) is 0 Å². The van der Waals surface area contributed by atoms with Gasteiger partial charge in [-0.15, -0.1) is 0 Å². The van der Waals surface area contributed by atoms with Crippen LogP contribution in [0.15, 0.2) is 36.4 Å². The molecule has 0 saturated heterocycles. The molecule has 5 heteroatoms. The van der Waals surface area contributed by atoms with Crippen molar-refractivity contribution in [2.45, 2.75) is 33.2 Å². The Morgan fingerprint density at radius 2 is 1.63 bits per heavy atom. The molecule has 2 amide bonds. The number of carbonyl (C=O) groups excluding carboxylic acids is 2. The van der Waals surface area contributed by atoms with Crippen molar-refractivity contribution in [2.75, 3.05) is 21.2 Å². The molecule has 0 radical (unpaired) electrons. The summed E-state index contributed by atoms with van der Waals surface area (Å²) in [6, 6.07) is 11.5. The van der Waals surface area contributed by atoms with Crippen molar-refractivity contribution in [3.63, 3.8) is 0 Å². The Morgan fingerprint density at radius 3 is 2.11 bits per heavy atom. The molecule has 5 nitrogen and oxygen atoms in total. The topological polar surface area (TPSA) is 58.6 Å². The summed E-state index contributed by atoms with van der Waals surface area (Å²) in [5, 5.41) is 2.59. The molecular formula is C22H28N2O3. The van der Waals surface area contributed by atoms with Crippen LogP contribution in [-0.4, -0.2) is 44.0 Å². The second-order valence-electron chi connectivity index (χ2n) is 6.86. The Balaban J connectivity index is 2.19. The van der Waals surface area contributed by atoms with E-state index >= 15 is 0 Å². The SMILES string of the molecule is CNC(=O)C[C@H](C)N(C)C(=O)c1ccc(-c2cc(C)c(OC)c(C)c2)cc1. The first-order valence-electron chi connectivity index (χ1n) is 9.01. The van der Waals surface area contributed by atoms with Crippen LogP contribution in [0.4, 0.5) is 0 Å². The maximum atomic E-state index is 12.7. The minimum Gasteiger partial charge on any atom is -0.496 e. The molecular weight excluding hydrogens is 340 g/mol. The van der Waals surface area contributed by atoms with Crippen LogP contribution in [0.2, 0.25) is 0 Å². The summed E-state index contributed by atoms with van der Waals surface area (Å²) in [5.41, 5.74) is 4.89. The lowest BCUT2D eigenvalue weighted by molar-refractivity contribution is -0.121. The third-order valence-corrected chi connectivity index (χ3v) is 4.87. The lowest BCUT2D eigenvalue weighted by Gasteiger charge is -2.24. The van der Waals surface area contributed by atoms with E-state index in [0.717, 1.165) is 28.0 Å². The maximum Gasteiger partial charge on any atom is 0.253 e. The van der Waals surface area contributed by atoms with Crippen LogP contribution in [0.5, 0.6) is 5.75 Å². The smallest absolute Gasteiger partial charge is 0.253 e. The number of hydrogen-bond donors (Lipinski definition) is 1. The van der Waals surface area contributed by atoms with E-state index in [-0.39, 0.29) is 24.3 Å². The zero-order chi connectivity index (χ0) is 20.1. The van der Waals surface area contributed by atoms with Crippen molar-refractivity contribution < 1.29 is 14.3 Å². The number of nitrogens with one attached hydrogen (secondary N) is 1. The number of methoxy groups -OCH3 is 1. The molecule has 0 spiro atoms. The summed E-state index contributed by atoms with van der Waals surface area (Å²) >= 11 is 0. The van der Waals surface area contributed by atoms with E-state index in [2.05, 4.69) is 17.4 Å². The fourth-order valence-electron chi connectivity index (χ4n) is 3.16. The van der Waals surface area contributed by atoms with E-state index in [1.54, 1.807) is 26.1 Å². The molecule has 0 aliphatic carbocycles. The minimum absolute atomic E-state index is 0.0808. The average molecular weight is 368 g/mol. The molecule has 0 bridgehead atoms. The van der Waals surface area contributed by atoms with Crippen molar-refractivity contribution in [2.24, 2.45) is 0 Å². The standard InChI is InChI=1S/C22H28N2O3/c1-14-11-19(12-15(2)21(14)27-6)17-7-9-18(10-8-17)22(26)24(5)16(3)13-20(25)23-4/h7-12,16H,13H2,1-6H3,(H,23,25)/t16-/m0/s1. The highest BCUT2D eigenvalue weighted by atomic mass is 16.5. The van der Waals surface area contributed by atoms with Crippen molar-refractivity contribution in [1.29, 1.82) is 0 Å². The fourth-order valence-corrected chi connectivity index (χ4v) is 3.16. The summed E-state index contributed by atoms with van der Waals surface area (Å²) in [4.78, 5) is 25.8. The van der Waals surface area contributed by atoms with Gasteiger partial charge < -0.3 is 15.0 Å². The molecule has 0 aromatic heterocycles. The molecule has 2 rings (SSSR count). The Hall–Kier alpha value is -2.82. The predicted molar refractivity (Wildman–Crippen MR) is 108 cm³/mol. The number of rotatable bonds is 6. The van der Waals surface area contributed by atoms with Gasteiger partial charge in [-0.05, 0) is 67.3 Å². The van der Waals surface area contributed by atoms with E-state index < -0.39 is 0 Å². The van der Waals surface area contributed by atoms with Gasteiger partial charge in [0.1, 0.15) is 5.75 Å². The molecule has 2 aromatic rings. The van der Waals surface area contributed by atoms with Crippen molar-refractivity contribution in [1.82, 2.24) is 10.2 Å². The number of carbonyl (C=O) groups is 2. The van der Waals surface area contributed by atoms with E-state index in [1.165, 1.54) is 0 Å². The lowest BCUT2D eigenvalue weighted by Crippen LogP contribution is -2.38. The van der Waals surface area contributed by atoms with E-state index in [1.807, 2.05) is 45.0 Å². The fraction of sp³-hybridized carbons (Fsp3) is 0.364. The Morgan fingerprint density at radius 1 is 1.07 bits per heavy atom. The monoisotopic (exact) mass is 368 g/mol. The molecule has 0 unspecified atom stereocenters. The van der Waals surface area contributed by atoms with Crippen LogP contribution in [-0.2, 0) is 4.79 Å². The van der Waals surface area contributed by atoms with Crippen molar-refractivity contribution in [3.8, 4) is 16.9 Å². The zero-order valence-corrected chi connectivity index (χ0v) is 16.9. The van der Waals surface area contributed by atoms with E-state index in [0.29, 0.717) is 5.56 Å². The third kappa shape index (κ3) is 4.67. The molecule has 0 aliphatic rings. The van der Waals surface area contributed by atoms with Crippen molar-refractivity contribution >= 4 is 11.8 Å². The van der Waals surface area contributed by atoms with Gasteiger partial charge in [0.25, 0.3) is 5.91 Å². The molecule has 1 atom stereocenters. The van der Waals surface area contributed by atoms with Gasteiger partial charge in [0.05, 0.1) is 7.11 Å². The quantitative estimate of drug-likeness (QED) is 0.848. The van der Waals surface area contributed by atoms with Gasteiger partial charge in [-0.2, -0.15) is 0 Å². The normalized spacial score (nSPS) is 11.6. The Labute approximate surface area is 161 Å². The Bertz CT molecular complexity index is 805. The first-order valence-corrected chi connectivity index (χ1v) is 9.01. The molecule has 0 heterocycles. The second-order valence-corrected chi connectivity index (χ2v) is 6.86. The number of benzene rings is 2. The van der Waals surface area contributed by atoms with Gasteiger partial charge in [0, 0.05) is 32.1 Å². The number of ether oxygens (including phenoxy) is 1. The van der Waals surface area contributed by atoms with Crippen molar-refractivity contribution in [3.05, 3.63) is 53.1 Å². The first kappa shape index (κ1) is 20.5. The van der Waals surface area contributed by atoms with Crippen LogP contribution < -0.4 is 10.1 Å². The van der Waals surface area contributed by atoms with Crippen LogP contribution >= 0.6 is 0 Å². The summed E-state index contributed by atoms with van der Waals surface area (Å²) in [6.45, 7) is 5.91. The van der Waals surface area contributed by atoms with Crippen LogP contribution in [0.3, 0.4) is 0 Å². The van der Waals surface area contributed by atoms with Gasteiger partial charge in [-0.3, -0.25) is 9.59 Å². The lowest BCUT2D eigenvalue weighted by atomic mass is 9.98. The predicted octanol–water partition coefficient (Wildman–Crippen LogP) is 3.58. The second kappa shape index (κ2) is 8.71. The largest absolute Gasteiger partial charge is 0.496 e. The van der Waals surface area contributed by atoms with E-state index in [9.17, 15) is 9.59 Å². The van der Waals surface area contributed by atoms with Crippen LogP contribution in [0, 0.1) is 13.8 Å². The number of nitrogens with zero attached hydrogens (tertiary/aromatic N) is 1. The third-order valence-electron chi connectivity index (χ3n) is 4.87. The van der Waals surface area contributed by atoms with Gasteiger partial charge in [0.15, 0.2) is 0 Å². The highest BCUT2D eigenvalue weighted by Gasteiger charge is 2.19. The minimum atomic E-state index is -0.177. The molecule has 27 heavy (non-hydrogen) atoms. The highest BCUT2D eigenvalue weighted by Crippen LogP contribution is 2.30. The molecule has 0 aliphatic heterocycles. The summed E-state index contributed by atoms with van der Waals surface area (Å²) in [6.07, 6.45) is 0.279. The molecule has 0 saturated carbocycles. The maximum absolute atomic E-state index is 12.7. The van der Waals surface area contributed by atoms with Gasteiger partial charge >= 0.3 is 0 Å². The van der Waals surface area contributed by atoms with Crippen LogP contribution in [0.1, 0.15) is 34.8 Å². The molecule has 144 valence electrons. The summed E-state index contributed by atoms with van der Waals surface area (Å²) in [5.74, 6) is 0.722. The highest BCUT2D eigenvalue weighted by molar-refractivity contribution is 5.95. The van der Waals surface area contributed by atoms with Gasteiger partial charge in [0.2, 0.25) is 5.91 Å².